The van der Waals surface area contributed by atoms with Gasteiger partial charge in [0.1, 0.15) is 0 Å². The summed E-state index contributed by atoms with van der Waals surface area (Å²) in [6.07, 6.45) is 6.41. The van der Waals surface area contributed by atoms with E-state index < -0.39 is 0 Å². The van der Waals surface area contributed by atoms with E-state index in [1.807, 2.05) is 41.1 Å². The Balaban J connectivity index is 1.58. The number of aliphatic hydroxyl groups is 1. The summed E-state index contributed by atoms with van der Waals surface area (Å²) in [5.74, 6) is 1.39. The molecule has 3 rings (SSSR count). The molecule has 4 N–H and O–H groups in total. The predicted molar refractivity (Wildman–Crippen MR) is 105 cm³/mol. The maximum atomic E-state index is 9.01. The maximum absolute atomic E-state index is 9.01. The topological polar surface area (TPSA) is 113 Å². The Morgan fingerprint density at radius 1 is 0.889 bits per heavy atom. The van der Waals surface area contributed by atoms with Crippen molar-refractivity contribution in [2.24, 2.45) is 0 Å². The van der Waals surface area contributed by atoms with Gasteiger partial charge in [0, 0.05) is 38.6 Å². The van der Waals surface area contributed by atoms with Gasteiger partial charge in [0.15, 0.2) is 0 Å². The van der Waals surface area contributed by atoms with Gasteiger partial charge in [-0.3, -0.25) is 0 Å². The second-order valence-corrected chi connectivity index (χ2v) is 5.88. The van der Waals surface area contributed by atoms with Crippen LogP contribution in [0.1, 0.15) is 12.0 Å². The fourth-order valence-corrected chi connectivity index (χ4v) is 2.44. The minimum atomic E-state index is 0.00608. The Bertz CT molecular complexity index is 794. The molecule has 9 nitrogen and oxygen atoms in total. The normalized spacial score (nSPS) is 10.6. The summed E-state index contributed by atoms with van der Waals surface area (Å²) >= 11 is 0. The summed E-state index contributed by atoms with van der Waals surface area (Å²) < 4.78 is 2.02. The second-order valence-electron chi connectivity index (χ2n) is 5.88. The zero-order valence-electron chi connectivity index (χ0n) is 15.0. The predicted octanol–water partition coefficient (Wildman–Crippen LogP) is 1.59. The number of anilines is 3. The van der Waals surface area contributed by atoms with E-state index in [1.54, 1.807) is 12.5 Å². The molecular weight excluding hydrogens is 344 g/mol. The number of hydrogen-bond acceptors (Lipinski definition) is 8. The van der Waals surface area contributed by atoms with Crippen molar-refractivity contribution in [3.8, 4) is 0 Å². The molecule has 0 aliphatic carbocycles. The Morgan fingerprint density at radius 2 is 1.59 bits per heavy atom. The van der Waals surface area contributed by atoms with Crippen molar-refractivity contribution in [3.05, 3.63) is 54.6 Å². The van der Waals surface area contributed by atoms with E-state index in [9.17, 15) is 0 Å². The lowest BCUT2D eigenvalue weighted by Crippen LogP contribution is -2.15. The molecule has 0 atom stereocenters. The lowest BCUT2D eigenvalue weighted by atomic mass is 10.2. The Kier molecular flexibility index (Phi) is 6.93. The van der Waals surface area contributed by atoms with Gasteiger partial charge < -0.3 is 25.6 Å². The summed E-state index contributed by atoms with van der Waals surface area (Å²) in [4.78, 5) is 17.1. The van der Waals surface area contributed by atoms with E-state index in [1.165, 1.54) is 0 Å². The van der Waals surface area contributed by atoms with Crippen LogP contribution in [0.3, 0.4) is 0 Å². The number of aryl methyl sites for hydroxylation is 1. The molecule has 2 heterocycles. The Morgan fingerprint density at radius 3 is 2.26 bits per heavy atom. The number of imidazole rings is 1. The van der Waals surface area contributed by atoms with Crippen molar-refractivity contribution < 1.29 is 5.11 Å². The van der Waals surface area contributed by atoms with Gasteiger partial charge in [-0.1, -0.05) is 30.3 Å². The molecule has 0 unspecified atom stereocenters. The summed E-state index contributed by atoms with van der Waals surface area (Å²) in [5.41, 5.74) is 1.14. The summed E-state index contributed by atoms with van der Waals surface area (Å²) in [6.45, 7) is 2.59. The zero-order chi connectivity index (χ0) is 18.7. The molecule has 0 aliphatic rings. The number of rotatable bonds is 11. The number of benzene rings is 1. The van der Waals surface area contributed by atoms with Crippen LogP contribution in [0.15, 0.2) is 49.1 Å². The standard InChI is InChI=1S/C18H24N8O/c27-12-9-21-17-23-16(20-7-4-10-26-11-8-19-14-26)24-18(25-17)22-13-15-5-2-1-3-6-15/h1-3,5-6,8,11,14,27H,4,7,9-10,12-13H2,(H3,20,21,22,23,24,25). The van der Waals surface area contributed by atoms with Crippen LogP contribution in [-0.4, -0.2) is 49.3 Å². The SMILES string of the molecule is OCCNc1nc(NCCCn2ccnc2)nc(NCc2ccccc2)n1. The van der Waals surface area contributed by atoms with Crippen LogP contribution < -0.4 is 16.0 Å². The highest BCUT2D eigenvalue weighted by atomic mass is 16.3. The van der Waals surface area contributed by atoms with Crippen LogP contribution in [0.5, 0.6) is 0 Å². The Hall–Kier alpha value is -3.20. The molecule has 0 spiro atoms. The van der Waals surface area contributed by atoms with Crippen molar-refractivity contribution in [2.45, 2.75) is 19.5 Å². The van der Waals surface area contributed by atoms with E-state index in [0.717, 1.165) is 25.1 Å². The van der Waals surface area contributed by atoms with E-state index in [0.29, 0.717) is 30.9 Å². The van der Waals surface area contributed by atoms with E-state index in [2.05, 4.69) is 35.9 Å². The average molecular weight is 368 g/mol. The van der Waals surface area contributed by atoms with Gasteiger partial charge in [-0.2, -0.15) is 15.0 Å². The van der Waals surface area contributed by atoms with Gasteiger partial charge in [0.2, 0.25) is 17.8 Å². The molecule has 0 saturated heterocycles. The molecule has 0 aliphatic heterocycles. The first-order chi connectivity index (χ1) is 13.3. The van der Waals surface area contributed by atoms with Gasteiger partial charge in [0.25, 0.3) is 0 Å². The highest BCUT2D eigenvalue weighted by Gasteiger charge is 2.06. The molecule has 3 aromatic rings. The maximum Gasteiger partial charge on any atom is 0.229 e. The zero-order valence-corrected chi connectivity index (χ0v) is 15.0. The first-order valence-corrected chi connectivity index (χ1v) is 8.92. The van der Waals surface area contributed by atoms with Crippen LogP contribution in [0.2, 0.25) is 0 Å². The van der Waals surface area contributed by atoms with Gasteiger partial charge in [-0.05, 0) is 12.0 Å². The highest BCUT2D eigenvalue weighted by Crippen LogP contribution is 2.11. The monoisotopic (exact) mass is 368 g/mol. The van der Waals surface area contributed by atoms with Crippen LogP contribution in [0.4, 0.5) is 17.8 Å². The molecular formula is C18H24N8O. The molecule has 2 aromatic heterocycles. The lowest BCUT2D eigenvalue weighted by molar-refractivity contribution is 0.311. The summed E-state index contributed by atoms with van der Waals surface area (Å²) in [7, 11) is 0. The fourth-order valence-electron chi connectivity index (χ4n) is 2.44. The van der Waals surface area contributed by atoms with Gasteiger partial charge in [-0.15, -0.1) is 0 Å². The molecule has 142 valence electrons. The third-order valence-corrected chi connectivity index (χ3v) is 3.76. The van der Waals surface area contributed by atoms with Crippen LogP contribution in [-0.2, 0) is 13.1 Å². The minimum Gasteiger partial charge on any atom is -0.395 e. The van der Waals surface area contributed by atoms with Crippen LogP contribution in [0.25, 0.3) is 0 Å². The van der Waals surface area contributed by atoms with Crippen molar-refractivity contribution in [3.63, 3.8) is 0 Å². The summed E-state index contributed by atoms with van der Waals surface area (Å²) in [6, 6.07) is 10.0. The quantitative estimate of drug-likeness (QED) is 0.377. The molecule has 0 bridgehead atoms. The fraction of sp³-hybridized carbons (Fsp3) is 0.333. The molecule has 0 fully saturated rings. The number of aromatic nitrogens is 5. The van der Waals surface area contributed by atoms with Gasteiger partial charge in [-0.25, -0.2) is 4.98 Å². The van der Waals surface area contributed by atoms with Crippen LogP contribution in [0, 0.1) is 0 Å². The van der Waals surface area contributed by atoms with Crippen molar-refractivity contribution in [2.75, 3.05) is 35.6 Å². The largest absolute Gasteiger partial charge is 0.395 e. The molecule has 27 heavy (non-hydrogen) atoms. The lowest BCUT2D eigenvalue weighted by Gasteiger charge is -2.11. The van der Waals surface area contributed by atoms with E-state index in [-0.39, 0.29) is 6.61 Å². The van der Waals surface area contributed by atoms with Gasteiger partial charge in [0.05, 0.1) is 12.9 Å². The van der Waals surface area contributed by atoms with Crippen LogP contribution >= 0.6 is 0 Å². The molecule has 0 saturated carbocycles. The third-order valence-electron chi connectivity index (χ3n) is 3.76. The smallest absolute Gasteiger partial charge is 0.229 e. The molecule has 9 heteroatoms. The Labute approximate surface area is 157 Å². The first kappa shape index (κ1) is 18.6. The van der Waals surface area contributed by atoms with Crippen molar-refractivity contribution >= 4 is 17.8 Å². The number of hydrogen-bond donors (Lipinski definition) is 4. The highest BCUT2D eigenvalue weighted by molar-refractivity contribution is 5.42. The minimum absolute atomic E-state index is 0.00608. The van der Waals surface area contributed by atoms with Gasteiger partial charge >= 0.3 is 0 Å². The number of nitrogens with one attached hydrogen (secondary N) is 3. The molecule has 0 radical (unpaired) electrons. The van der Waals surface area contributed by atoms with E-state index in [4.69, 9.17) is 5.11 Å². The van der Waals surface area contributed by atoms with Crippen molar-refractivity contribution in [1.82, 2.24) is 24.5 Å². The summed E-state index contributed by atoms with van der Waals surface area (Å²) in [5, 5.41) is 18.4. The molecule has 0 amide bonds. The number of nitrogens with zero attached hydrogens (tertiary/aromatic N) is 5. The molecule has 1 aromatic carbocycles. The van der Waals surface area contributed by atoms with Crippen molar-refractivity contribution in [1.29, 1.82) is 0 Å². The average Bonchev–Trinajstić information content (AvgIpc) is 3.22. The first-order valence-electron chi connectivity index (χ1n) is 8.92. The number of aliphatic hydroxyl groups excluding tert-OH is 1. The second kappa shape index (κ2) is 10.1. The third kappa shape index (κ3) is 6.23. The van der Waals surface area contributed by atoms with E-state index >= 15 is 0 Å².